The van der Waals surface area contributed by atoms with Crippen molar-refractivity contribution < 1.29 is 18.8 Å². The van der Waals surface area contributed by atoms with Gasteiger partial charge in [-0.05, 0) is 56.9 Å². The maximum Gasteiger partial charge on any atom is 0.324 e. The van der Waals surface area contributed by atoms with Crippen molar-refractivity contribution in [1.29, 1.82) is 0 Å². The van der Waals surface area contributed by atoms with Gasteiger partial charge in [0.25, 0.3) is 5.19 Å². The number of carbonyl (C=O) groups excluding carboxylic acids is 2. The normalized spacial score (nSPS) is 15.3. The number of ketones is 2. The Morgan fingerprint density at radius 3 is 2.47 bits per heavy atom. The number of carbonyl (C=O) groups is 2. The second kappa shape index (κ2) is 10.6. The molecule has 1 aliphatic heterocycles. The van der Waals surface area contributed by atoms with E-state index in [-0.39, 0.29) is 17.7 Å². The van der Waals surface area contributed by atoms with E-state index in [4.69, 9.17) is 14.2 Å². The van der Waals surface area contributed by atoms with Crippen LogP contribution in [-0.4, -0.2) is 55.9 Å². The van der Waals surface area contributed by atoms with Crippen LogP contribution >= 0.6 is 11.3 Å². The number of anilines is 1. The molecule has 5 heterocycles. The molecule has 0 unspecified atom stereocenters. The molecular weight excluding hydrogens is 504 g/mol. The lowest BCUT2D eigenvalue weighted by Gasteiger charge is -2.33. The molecule has 5 rings (SSSR count). The highest BCUT2D eigenvalue weighted by Crippen LogP contribution is 2.33. The summed E-state index contributed by atoms with van der Waals surface area (Å²) < 4.78 is 11.7. The number of hydrogen-bond acceptors (Lipinski definition) is 11. The van der Waals surface area contributed by atoms with E-state index in [2.05, 4.69) is 45.8 Å². The first kappa shape index (κ1) is 25.9. The predicted octanol–water partition coefficient (Wildman–Crippen LogP) is 5.02. The number of aryl methyl sites for hydroxylation is 1. The third-order valence-electron chi connectivity index (χ3n) is 6.86. The van der Waals surface area contributed by atoms with E-state index in [0.29, 0.717) is 22.8 Å². The molecule has 0 spiro atoms. The minimum Gasteiger partial charge on any atom is -0.467 e. The Hall–Kier alpha value is -3.73. The smallest absolute Gasteiger partial charge is 0.324 e. The maximum atomic E-state index is 12.0. The van der Waals surface area contributed by atoms with Crippen molar-refractivity contribution in [3.63, 3.8) is 0 Å². The largest absolute Gasteiger partial charge is 0.467 e. The van der Waals surface area contributed by atoms with Gasteiger partial charge in [0, 0.05) is 37.2 Å². The van der Waals surface area contributed by atoms with E-state index in [1.807, 2.05) is 12.1 Å². The van der Waals surface area contributed by atoms with Crippen molar-refractivity contribution in [3.05, 3.63) is 41.5 Å². The van der Waals surface area contributed by atoms with Gasteiger partial charge >= 0.3 is 6.01 Å². The molecule has 0 amide bonds. The molecule has 0 aromatic carbocycles. The van der Waals surface area contributed by atoms with Crippen molar-refractivity contribution in [2.45, 2.75) is 59.5 Å². The van der Waals surface area contributed by atoms with Gasteiger partial charge in [-0.15, -0.1) is 0 Å². The summed E-state index contributed by atoms with van der Waals surface area (Å²) in [7, 11) is 0. The van der Waals surface area contributed by atoms with Gasteiger partial charge in [-0.2, -0.15) is 4.98 Å². The molecule has 0 radical (unpaired) electrons. The monoisotopic (exact) mass is 534 g/mol. The highest BCUT2D eigenvalue weighted by atomic mass is 32.1. The Bertz CT molecular complexity index is 1490. The fourth-order valence-electron chi connectivity index (χ4n) is 4.54. The first-order valence-corrected chi connectivity index (χ1v) is 13.6. The first-order chi connectivity index (χ1) is 18.2. The van der Waals surface area contributed by atoms with Crippen molar-refractivity contribution in [2.24, 2.45) is 5.92 Å². The second-order valence-electron chi connectivity index (χ2n) is 9.95. The zero-order valence-electron chi connectivity index (χ0n) is 22.1. The molecule has 1 fully saturated rings. The van der Waals surface area contributed by atoms with Crippen molar-refractivity contribution in [1.82, 2.24) is 25.1 Å². The number of pyridine rings is 2. The zero-order chi connectivity index (χ0) is 27.0. The van der Waals surface area contributed by atoms with E-state index < -0.39 is 11.6 Å². The minimum absolute atomic E-state index is 0.00361. The molecule has 10 nitrogen and oxygen atoms in total. The minimum atomic E-state index is -0.595. The van der Waals surface area contributed by atoms with Gasteiger partial charge < -0.3 is 14.2 Å². The molecule has 0 N–H and O–H groups in total. The topological polar surface area (TPSA) is 124 Å². The van der Waals surface area contributed by atoms with Gasteiger partial charge in [0.05, 0.1) is 5.69 Å². The number of piperidine rings is 1. The summed E-state index contributed by atoms with van der Waals surface area (Å²) in [4.78, 5) is 44.5. The van der Waals surface area contributed by atoms with Gasteiger partial charge in [-0.25, -0.2) is 15.0 Å². The van der Waals surface area contributed by atoms with E-state index in [0.717, 1.165) is 53.4 Å². The van der Waals surface area contributed by atoms with E-state index >= 15 is 0 Å². The number of ether oxygens (including phenoxy) is 1. The van der Waals surface area contributed by atoms with Gasteiger partial charge in [0.2, 0.25) is 11.6 Å². The number of nitrogens with zero attached hydrogens (tertiary/aromatic N) is 6. The molecule has 11 heteroatoms. The van der Waals surface area contributed by atoms with Crippen LogP contribution in [-0.2, 0) is 4.79 Å². The van der Waals surface area contributed by atoms with Crippen molar-refractivity contribution in [3.8, 4) is 16.5 Å². The van der Waals surface area contributed by atoms with Gasteiger partial charge in [-0.3, -0.25) is 9.59 Å². The van der Waals surface area contributed by atoms with Crippen LogP contribution in [0.3, 0.4) is 0 Å². The predicted molar refractivity (Wildman–Crippen MR) is 144 cm³/mol. The van der Waals surface area contributed by atoms with Crippen LogP contribution in [0, 0.1) is 12.8 Å². The van der Waals surface area contributed by atoms with Crippen molar-refractivity contribution in [2.75, 3.05) is 18.0 Å². The summed E-state index contributed by atoms with van der Waals surface area (Å²) >= 11 is 1.41. The van der Waals surface area contributed by atoms with Crippen LogP contribution in [0.2, 0.25) is 0 Å². The molecule has 4 aromatic heterocycles. The third kappa shape index (κ3) is 5.28. The molecule has 0 bridgehead atoms. The fraction of sp³-hybridized carbons (Fsp3) is 0.444. The number of thiazole rings is 1. The molecule has 38 heavy (non-hydrogen) atoms. The number of rotatable bonds is 8. The number of Topliss-reactive ketones (excluding diaryl/α,β-unsaturated/α-hetero) is 2. The van der Waals surface area contributed by atoms with E-state index in [1.54, 1.807) is 19.1 Å². The maximum absolute atomic E-state index is 12.0. The highest BCUT2D eigenvalue weighted by Gasteiger charge is 2.28. The average molecular weight is 535 g/mol. The van der Waals surface area contributed by atoms with Crippen molar-refractivity contribution >= 4 is 39.3 Å². The Morgan fingerprint density at radius 1 is 1.05 bits per heavy atom. The summed E-state index contributed by atoms with van der Waals surface area (Å²) in [6, 6.07) is 7.72. The molecule has 0 saturated carbocycles. The summed E-state index contributed by atoms with van der Waals surface area (Å²) in [5.41, 5.74) is 3.06. The van der Waals surface area contributed by atoms with Crippen LogP contribution in [0.1, 0.15) is 68.5 Å². The average Bonchev–Trinajstić information content (AvgIpc) is 3.55. The second-order valence-corrected chi connectivity index (χ2v) is 10.9. The summed E-state index contributed by atoms with van der Waals surface area (Å²) in [6.45, 7) is 10.9. The highest BCUT2D eigenvalue weighted by molar-refractivity contribution is 7.19. The number of fused-ring (bicyclic) bond motifs is 1. The third-order valence-corrected chi connectivity index (χ3v) is 7.71. The summed E-state index contributed by atoms with van der Waals surface area (Å²) in [5.74, 6) is 0.231. The Balaban J connectivity index is 1.24. The van der Waals surface area contributed by atoms with Crippen LogP contribution in [0.15, 0.2) is 28.8 Å². The lowest BCUT2D eigenvalue weighted by atomic mass is 9.92. The van der Waals surface area contributed by atoms with Crippen LogP contribution in [0.5, 0.6) is 5.19 Å². The lowest BCUT2D eigenvalue weighted by Crippen LogP contribution is -2.38. The van der Waals surface area contributed by atoms with Crippen LogP contribution < -0.4 is 9.64 Å². The molecule has 1 aliphatic rings. The van der Waals surface area contributed by atoms with Crippen LogP contribution in [0.4, 0.5) is 6.01 Å². The molecule has 4 aromatic rings. The molecule has 1 saturated heterocycles. The SMILES string of the molecule is CC(=O)C(=O)c1ccc(-c2ccc3nc(O[C@@H](C)C4CCN(c5nc(C(C)C)no5)CC4)sc3n2)c(C)n1. The number of aromatic nitrogens is 5. The van der Waals surface area contributed by atoms with Gasteiger partial charge in [0.1, 0.15) is 22.1 Å². The Labute approximate surface area is 224 Å². The van der Waals surface area contributed by atoms with Gasteiger partial charge in [0.15, 0.2) is 5.82 Å². The summed E-state index contributed by atoms with van der Waals surface area (Å²) in [5, 5.41) is 4.67. The van der Waals surface area contributed by atoms with E-state index in [1.165, 1.54) is 18.3 Å². The standard InChI is InChI=1S/C27H30N6O4S/c1-14(2)24-31-26(37-32-24)33-12-10-18(11-13-33)17(5)36-27-30-22-9-8-20(29-25(22)38-27)19-6-7-21(28-15(19)3)23(35)16(4)34/h6-9,14,17-18H,10-13H2,1-5H3/t17-/m0/s1. The number of hydrogen-bond donors (Lipinski definition) is 0. The molecular formula is C27H30N6O4S. The lowest BCUT2D eigenvalue weighted by molar-refractivity contribution is -0.113. The van der Waals surface area contributed by atoms with Crippen LogP contribution in [0.25, 0.3) is 21.6 Å². The Kier molecular flexibility index (Phi) is 7.20. The quantitative estimate of drug-likeness (QED) is 0.225. The summed E-state index contributed by atoms with van der Waals surface area (Å²) in [6.07, 6.45) is 1.92. The fourth-order valence-corrected chi connectivity index (χ4v) is 5.41. The zero-order valence-corrected chi connectivity index (χ0v) is 22.9. The molecule has 0 aliphatic carbocycles. The first-order valence-electron chi connectivity index (χ1n) is 12.8. The molecule has 1 atom stereocenters. The molecule has 198 valence electrons. The van der Waals surface area contributed by atoms with E-state index in [9.17, 15) is 9.59 Å². The Morgan fingerprint density at radius 2 is 1.82 bits per heavy atom. The van der Waals surface area contributed by atoms with Gasteiger partial charge in [-0.1, -0.05) is 30.3 Å².